The van der Waals surface area contributed by atoms with Crippen LogP contribution in [0.1, 0.15) is 19.8 Å². The van der Waals surface area contributed by atoms with Crippen LogP contribution < -0.4 is 15.4 Å². The molecule has 0 amide bonds. The molecule has 0 radical (unpaired) electrons. The van der Waals surface area contributed by atoms with Gasteiger partial charge in [-0.15, -0.1) is 0 Å². The Hall–Kier alpha value is -1.82. The Morgan fingerprint density at radius 3 is 2.89 bits per heavy atom. The van der Waals surface area contributed by atoms with Gasteiger partial charge in [0.25, 0.3) is 5.69 Å². The summed E-state index contributed by atoms with van der Waals surface area (Å²) in [5, 5.41) is 17.6. The smallest absolute Gasteiger partial charge is 0.275 e. The van der Waals surface area contributed by atoms with Crippen molar-refractivity contribution < 1.29 is 9.66 Å². The van der Waals surface area contributed by atoms with Gasteiger partial charge in [0.15, 0.2) is 0 Å². The lowest BCUT2D eigenvalue weighted by Gasteiger charge is -2.31. The molecule has 0 bridgehead atoms. The molecule has 6 nitrogen and oxygen atoms in total. The van der Waals surface area contributed by atoms with Crippen LogP contribution in [0.4, 0.5) is 11.4 Å². The predicted octanol–water partition coefficient (Wildman–Crippen LogP) is 2.16. The van der Waals surface area contributed by atoms with Crippen LogP contribution in [-0.2, 0) is 0 Å². The second-order valence-corrected chi connectivity index (χ2v) is 4.81. The minimum absolute atomic E-state index is 0.0401. The van der Waals surface area contributed by atoms with E-state index in [1.165, 1.54) is 13.2 Å². The Labute approximate surface area is 112 Å². The van der Waals surface area contributed by atoms with Crippen LogP contribution in [0.25, 0.3) is 0 Å². The monoisotopic (exact) mass is 265 g/mol. The van der Waals surface area contributed by atoms with Crippen LogP contribution in [-0.4, -0.2) is 30.7 Å². The van der Waals surface area contributed by atoms with Crippen molar-refractivity contribution in [1.29, 1.82) is 0 Å². The van der Waals surface area contributed by atoms with Crippen molar-refractivity contribution in [3.05, 3.63) is 28.3 Å². The zero-order valence-electron chi connectivity index (χ0n) is 11.2. The van der Waals surface area contributed by atoms with Crippen LogP contribution in [0.5, 0.6) is 5.75 Å². The Balaban J connectivity index is 2.18. The van der Waals surface area contributed by atoms with Crippen molar-refractivity contribution in [2.24, 2.45) is 0 Å². The number of ether oxygens (including phenoxy) is 1. The van der Waals surface area contributed by atoms with E-state index in [0.29, 0.717) is 11.8 Å². The molecule has 2 unspecified atom stereocenters. The first-order valence-electron chi connectivity index (χ1n) is 6.43. The van der Waals surface area contributed by atoms with Crippen molar-refractivity contribution in [1.82, 2.24) is 5.32 Å². The molecule has 1 saturated heterocycles. The summed E-state index contributed by atoms with van der Waals surface area (Å²) in [5.41, 5.74) is 0.768. The maximum absolute atomic E-state index is 10.9. The fourth-order valence-electron chi connectivity index (χ4n) is 2.35. The number of rotatable bonds is 4. The van der Waals surface area contributed by atoms with Gasteiger partial charge in [-0.2, -0.15) is 0 Å². The number of nitro groups is 1. The third-order valence-corrected chi connectivity index (χ3v) is 3.45. The zero-order chi connectivity index (χ0) is 13.8. The standard InChI is InChI=1S/C13H19N3O3/c1-9-13(4-3-5-14-9)15-10-6-11(16(17)18)8-12(7-10)19-2/h6-9,13-15H,3-5H2,1-2H3. The van der Waals surface area contributed by atoms with Crippen molar-refractivity contribution in [2.75, 3.05) is 19.0 Å². The highest BCUT2D eigenvalue weighted by atomic mass is 16.6. The molecular weight excluding hydrogens is 246 g/mol. The lowest BCUT2D eigenvalue weighted by molar-refractivity contribution is -0.384. The molecule has 0 spiro atoms. The highest BCUT2D eigenvalue weighted by molar-refractivity contribution is 5.57. The second kappa shape index (κ2) is 5.88. The fraction of sp³-hybridized carbons (Fsp3) is 0.538. The van der Waals surface area contributed by atoms with Gasteiger partial charge in [0.1, 0.15) is 5.75 Å². The number of anilines is 1. The van der Waals surface area contributed by atoms with Crippen molar-refractivity contribution in [3.8, 4) is 5.75 Å². The van der Waals surface area contributed by atoms with Crippen LogP contribution in [0.2, 0.25) is 0 Å². The van der Waals surface area contributed by atoms with Gasteiger partial charge in [-0.05, 0) is 26.3 Å². The third-order valence-electron chi connectivity index (χ3n) is 3.45. The van der Waals surface area contributed by atoms with Crippen LogP contribution in [0.15, 0.2) is 18.2 Å². The van der Waals surface area contributed by atoms with E-state index in [2.05, 4.69) is 17.6 Å². The van der Waals surface area contributed by atoms with E-state index in [1.807, 2.05) is 0 Å². The molecule has 0 aliphatic carbocycles. The van der Waals surface area contributed by atoms with Gasteiger partial charge in [0.2, 0.25) is 0 Å². The quantitative estimate of drug-likeness (QED) is 0.644. The molecule has 104 valence electrons. The van der Waals surface area contributed by atoms with Crippen molar-refractivity contribution in [3.63, 3.8) is 0 Å². The summed E-state index contributed by atoms with van der Waals surface area (Å²) in [4.78, 5) is 10.5. The molecule has 1 aliphatic heterocycles. The lowest BCUT2D eigenvalue weighted by atomic mass is 9.99. The third kappa shape index (κ3) is 3.35. The highest BCUT2D eigenvalue weighted by Gasteiger charge is 2.21. The summed E-state index contributed by atoms with van der Waals surface area (Å²) in [7, 11) is 1.51. The molecule has 2 rings (SSSR count). The first kappa shape index (κ1) is 13.6. The lowest BCUT2D eigenvalue weighted by Crippen LogP contribution is -2.46. The second-order valence-electron chi connectivity index (χ2n) is 4.81. The molecule has 1 aromatic carbocycles. The SMILES string of the molecule is COc1cc(NC2CCCNC2C)cc([N+](=O)[O-])c1. The van der Waals surface area contributed by atoms with Gasteiger partial charge in [0, 0.05) is 29.9 Å². The van der Waals surface area contributed by atoms with Gasteiger partial charge in [-0.1, -0.05) is 0 Å². The average Bonchev–Trinajstić information content (AvgIpc) is 2.41. The first-order chi connectivity index (χ1) is 9.10. The van der Waals surface area contributed by atoms with Crippen molar-refractivity contribution in [2.45, 2.75) is 31.8 Å². The molecule has 0 saturated carbocycles. The number of hydrogen-bond donors (Lipinski definition) is 2. The molecule has 0 aromatic heterocycles. The first-order valence-corrected chi connectivity index (χ1v) is 6.43. The van der Waals surface area contributed by atoms with E-state index in [0.717, 1.165) is 25.1 Å². The Morgan fingerprint density at radius 2 is 2.26 bits per heavy atom. The van der Waals surface area contributed by atoms with Gasteiger partial charge < -0.3 is 15.4 Å². The van der Waals surface area contributed by atoms with Gasteiger partial charge in [0.05, 0.1) is 18.1 Å². The van der Waals surface area contributed by atoms with E-state index >= 15 is 0 Å². The molecule has 2 atom stereocenters. The number of nitrogens with zero attached hydrogens (tertiary/aromatic N) is 1. The number of hydrogen-bond acceptors (Lipinski definition) is 5. The molecule has 1 aromatic rings. The summed E-state index contributed by atoms with van der Waals surface area (Å²) in [6, 6.07) is 5.38. The maximum atomic E-state index is 10.9. The van der Waals surface area contributed by atoms with E-state index in [9.17, 15) is 10.1 Å². The molecule has 2 N–H and O–H groups in total. The van der Waals surface area contributed by atoms with Crippen LogP contribution >= 0.6 is 0 Å². The van der Waals surface area contributed by atoms with E-state index in [4.69, 9.17) is 4.74 Å². The highest BCUT2D eigenvalue weighted by Crippen LogP contribution is 2.27. The Kier molecular flexibility index (Phi) is 4.21. The van der Waals surface area contributed by atoms with E-state index in [-0.39, 0.29) is 11.7 Å². The summed E-state index contributed by atoms with van der Waals surface area (Å²) >= 11 is 0. The zero-order valence-corrected chi connectivity index (χ0v) is 11.2. The van der Waals surface area contributed by atoms with Crippen molar-refractivity contribution >= 4 is 11.4 Å². The number of methoxy groups -OCH3 is 1. The number of nitro benzene ring substituents is 1. The topological polar surface area (TPSA) is 76.4 Å². The number of nitrogens with one attached hydrogen (secondary N) is 2. The molecular formula is C13H19N3O3. The molecule has 1 heterocycles. The number of benzene rings is 1. The van der Waals surface area contributed by atoms with E-state index in [1.54, 1.807) is 12.1 Å². The average molecular weight is 265 g/mol. The number of piperidine rings is 1. The van der Waals surface area contributed by atoms with Crippen LogP contribution in [0, 0.1) is 10.1 Å². The van der Waals surface area contributed by atoms with Crippen LogP contribution in [0.3, 0.4) is 0 Å². The minimum Gasteiger partial charge on any atom is -0.496 e. The number of non-ortho nitro benzene ring substituents is 1. The molecule has 19 heavy (non-hydrogen) atoms. The largest absolute Gasteiger partial charge is 0.496 e. The summed E-state index contributed by atoms with van der Waals surface area (Å²) in [6.07, 6.45) is 2.16. The Morgan fingerprint density at radius 1 is 1.47 bits per heavy atom. The summed E-state index contributed by atoms with van der Waals surface area (Å²) < 4.78 is 5.10. The van der Waals surface area contributed by atoms with Gasteiger partial charge >= 0.3 is 0 Å². The summed E-state index contributed by atoms with van der Waals surface area (Å²) in [5.74, 6) is 0.494. The normalized spacial score (nSPS) is 22.8. The van der Waals surface area contributed by atoms with E-state index < -0.39 is 4.92 Å². The minimum atomic E-state index is -0.406. The van der Waals surface area contributed by atoms with Gasteiger partial charge in [-0.25, -0.2) is 0 Å². The fourth-order valence-corrected chi connectivity index (χ4v) is 2.35. The predicted molar refractivity (Wildman–Crippen MR) is 73.8 cm³/mol. The summed E-state index contributed by atoms with van der Waals surface area (Å²) in [6.45, 7) is 3.14. The molecule has 6 heteroatoms. The van der Waals surface area contributed by atoms with Gasteiger partial charge in [-0.3, -0.25) is 10.1 Å². The maximum Gasteiger partial charge on any atom is 0.275 e. The molecule has 1 fully saturated rings. The Bertz CT molecular complexity index is 464. The molecule has 1 aliphatic rings.